The van der Waals surface area contributed by atoms with Crippen molar-refractivity contribution in [1.82, 2.24) is 24.5 Å². The quantitative estimate of drug-likeness (QED) is 0.119. The van der Waals surface area contributed by atoms with Gasteiger partial charge in [0.05, 0.1) is 12.4 Å². The molecule has 0 bridgehead atoms. The van der Waals surface area contributed by atoms with Crippen molar-refractivity contribution in [2.75, 3.05) is 0 Å². The van der Waals surface area contributed by atoms with E-state index in [9.17, 15) is 4.39 Å². The number of rotatable bonds is 7. The molecule has 0 spiro atoms. The number of aromatic nitrogens is 5. The van der Waals surface area contributed by atoms with Crippen molar-refractivity contribution in [1.29, 1.82) is 0 Å². The van der Waals surface area contributed by atoms with Crippen LogP contribution in [0, 0.1) is 30.1 Å². The van der Waals surface area contributed by atoms with Crippen molar-refractivity contribution in [2.45, 2.75) is 0 Å². The minimum Gasteiger partial charge on any atom is -0.503 e. The van der Waals surface area contributed by atoms with Crippen LogP contribution in [0.25, 0.3) is 50.3 Å². The van der Waals surface area contributed by atoms with Gasteiger partial charge < -0.3 is 24.0 Å². The Hall–Kier alpha value is -5.09. The van der Waals surface area contributed by atoms with Crippen molar-refractivity contribution < 1.29 is 54.7 Å². The molecule has 0 radical (unpaired) electrons. The maximum Gasteiger partial charge on any atom is 2.00 e. The van der Waals surface area contributed by atoms with Gasteiger partial charge in [-0.3, -0.25) is 0 Å². The van der Waals surface area contributed by atoms with Gasteiger partial charge in [0.1, 0.15) is 0 Å². The number of fused-ring (bicyclic) bond motifs is 3. The second-order valence-corrected chi connectivity index (χ2v) is 10.2. The number of halogens is 1. The van der Waals surface area contributed by atoms with Crippen LogP contribution in [0.15, 0.2) is 122 Å². The van der Waals surface area contributed by atoms with Crippen LogP contribution in [-0.2, 0) is 40.8 Å². The predicted octanol–water partition coefficient (Wildman–Crippen LogP) is 8.62. The Balaban J connectivity index is 0.00000201. The summed E-state index contributed by atoms with van der Waals surface area (Å²) in [5, 5.41) is 1.71. The van der Waals surface area contributed by atoms with Gasteiger partial charge in [-0.15, -0.1) is 71.8 Å². The molecule has 0 fully saturated rings. The summed E-state index contributed by atoms with van der Waals surface area (Å²) in [7, 11) is 0. The Morgan fingerprint density at radius 2 is 0.979 bits per heavy atom. The molecule has 0 aliphatic rings. The first-order chi connectivity index (χ1) is 22.7. The zero-order valence-electron chi connectivity index (χ0n) is 24.6. The molecule has 0 aliphatic heterocycles. The third-order valence-electron chi connectivity index (χ3n) is 7.20. The minimum absolute atomic E-state index is 0. The normalized spacial score (nSPS) is 10.7. The Morgan fingerprint density at radius 1 is 0.500 bits per heavy atom. The second-order valence-electron chi connectivity index (χ2n) is 10.2. The molecular weight excluding hydrogens is 790 g/mol. The molecule has 8 rings (SSSR count). The number of hydrogen-bond donors (Lipinski definition) is 0. The first-order valence-corrected chi connectivity index (χ1v) is 14.3. The second kappa shape index (κ2) is 14.4. The summed E-state index contributed by atoms with van der Waals surface area (Å²) in [5.74, 6) is 1.61. The van der Waals surface area contributed by atoms with Crippen molar-refractivity contribution >= 4 is 21.8 Å². The monoisotopic (exact) mass is 809 g/mol. The van der Waals surface area contributed by atoms with E-state index < -0.39 is 5.82 Å². The maximum atomic E-state index is 13.9. The molecule has 0 saturated heterocycles. The third-order valence-corrected chi connectivity index (χ3v) is 7.20. The van der Waals surface area contributed by atoms with Crippen LogP contribution in [-0.4, -0.2) is 24.5 Å². The third kappa shape index (κ3) is 6.66. The molecule has 0 unspecified atom stereocenters. The topological polar surface area (TPSA) is 75.0 Å². The zero-order chi connectivity index (χ0) is 30.9. The largest absolute Gasteiger partial charge is 2.00 e. The van der Waals surface area contributed by atoms with E-state index in [-0.39, 0.29) is 46.8 Å². The van der Waals surface area contributed by atoms with Crippen molar-refractivity contribution in [2.24, 2.45) is 0 Å². The first-order valence-electron chi connectivity index (χ1n) is 14.3. The van der Waals surface area contributed by atoms with E-state index in [0.717, 1.165) is 45.7 Å². The minimum atomic E-state index is -0.544. The number of pyridine rings is 2. The first kappa shape index (κ1) is 32.8. The fourth-order valence-corrected chi connectivity index (χ4v) is 5.16. The molecule has 4 aromatic heterocycles. The van der Waals surface area contributed by atoms with Crippen LogP contribution in [0.3, 0.4) is 0 Å². The Morgan fingerprint density at radius 3 is 1.44 bits per heavy atom. The van der Waals surface area contributed by atoms with Crippen LogP contribution >= 0.6 is 0 Å². The van der Waals surface area contributed by atoms with Gasteiger partial charge in [0, 0.05) is 35.4 Å². The summed E-state index contributed by atoms with van der Waals surface area (Å²) in [6, 6.07) is 43.5. The number of ether oxygens (including phenoxy) is 2. The molecule has 0 amide bonds. The van der Waals surface area contributed by atoms with Gasteiger partial charge in [-0.2, -0.15) is 22.9 Å². The van der Waals surface area contributed by atoms with Crippen LogP contribution in [0.5, 0.6) is 23.0 Å². The molecule has 0 atom stereocenters. The van der Waals surface area contributed by atoms with E-state index in [0.29, 0.717) is 34.0 Å². The molecule has 4 aromatic carbocycles. The Kier molecular flexibility index (Phi) is 9.82. The van der Waals surface area contributed by atoms with Crippen molar-refractivity contribution in [3.05, 3.63) is 152 Å². The fraction of sp³-hybridized carbons (Fsp3) is 0. The number of benzene rings is 4. The zero-order valence-corrected chi connectivity index (χ0v) is 27.7. The molecule has 0 saturated carbocycles. The Bertz CT molecular complexity index is 2190. The summed E-state index contributed by atoms with van der Waals surface area (Å²) in [5.41, 5.74) is 4.43. The molecule has 236 valence electrons. The van der Waals surface area contributed by atoms with E-state index in [1.54, 1.807) is 17.0 Å². The molecule has 4 heterocycles. The van der Waals surface area contributed by atoms with Crippen molar-refractivity contribution in [3.8, 4) is 51.5 Å². The summed E-state index contributed by atoms with van der Waals surface area (Å²) in [4.78, 5) is 17.4. The van der Waals surface area contributed by atoms with Gasteiger partial charge in [-0.1, -0.05) is 47.4 Å². The maximum absolute atomic E-state index is 13.9. The molecule has 10 heteroatoms. The van der Waals surface area contributed by atoms with Crippen LogP contribution in [0.2, 0.25) is 0 Å². The summed E-state index contributed by atoms with van der Waals surface area (Å²) >= 11 is 0. The summed E-state index contributed by atoms with van der Waals surface area (Å²) < 4.78 is 28.0. The van der Waals surface area contributed by atoms with E-state index in [1.165, 1.54) is 0 Å². The molecule has 0 aliphatic carbocycles. The van der Waals surface area contributed by atoms with Gasteiger partial charge in [0.2, 0.25) is 5.95 Å². The van der Waals surface area contributed by atoms with Crippen LogP contribution in [0.4, 0.5) is 4.39 Å². The summed E-state index contributed by atoms with van der Waals surface area (Å²) in [6.07, 6.45) is 5.72. The smallest absolute Gasteiger partial charge is 0.503 e. The van der Waals surface area contributed by atoms with Crippen molar-refractivity contribution in [3.63, 3.8) is 0 Å². The van der Waals surface area contributed by atoms with Gasteiger partial charge >= 0.3 is 40.8 Å². The van der Waals surface area contributed by atoms with Gasteiger partial charge in [-0.05, 0) is 23.5 Å². The number of hydrogen-bond acceptors (Lipinski definition) is 6. The number of nitrogens with zero attached hydrogens (tertiary/aromatic N) is 5. The van der Waals surface area contributed by atoms with E-state index >= 15 is 0 Å². The molecule has 0 N–H and O–H groups in total. The predicted molar refractivity (Wildman–Crippen MR) is 171 cm³/mol. The average Bonchev–Trinajstić information content (AvgIpc) is 3.42. The SMILES string of the molecule is Fc1cnc(-n2c3[c-]c(Oc4[c-]c(-c5ccccn5)ccc4)ccc3c3ccc(Oc4[c-]c(-c5ccccn5)ccc4)[c-]c32)nc1.[Pd+2].[Pd+2]. The van der Waals surface area contributed by atoms with Gasteiger partial charge in [0.15, 0.2) is 5.82 Å². The molecule has 48 heavy (non-hydrogen) atoms. The molecule has 8 aromatic rings. The summed E-state index contributed by atoms with van der Waals surface area (Å²) in [6.45, 7) is 0. The molecule has 7 nitrogen and oxygen atoms in total. The van der Waals surface area contributed by atoms with E-state index in [4.69, 9.17) is 9.47 Å². The molecular formula is C38H20FN5O2Pd2. The van der Waals surface area contributed by atoms with E-state index in [2.05, 4.69) is 44.2 Å². The van der Waals surface area contributed by atoms with Gasteiger partial charge in [-0.25, -0.2) is 14.4 Å². The fourth-order valence-electron chi connectivity index (χ4n) is 5.16. The average molecular weight is 810 g/mol. The van der Waals surface area contributed by atoms with Gasteiger partial charge in [0.25, 0.3) is 0 Å². The van der Waals surface area contributed by atoms with Crippen LogP contribution in [0.1, 0.15) is 0 Å². The van der Waals surface area contributed by atoms with Crippen LogP contribution < -0.4 is 9.47 Å². The Labute approximate surface area is 302 Å². The standard InChI is InChI=1S/C38H20FN5O2.2Pd/c39-27-23-42-38(43-24-27)44-36-21-30(45-28-9-5-7-25(19-28)34-11-1-3-17-40-34)13-15-32(36)33-16-14-31(22-37(33)44)46-29-10-6-8-26(20-29)35-12-2-4-18-41-35;;/h1-18,23-24H;;/q-4;2*+2. The van der Waals surface area contributed by atoms with E-state index in [1.807, 2.05) is 97.1 Å².